The minimum Gasteiger partial charge on any atom is -0.356 e. The van der Waals surface area contributed by atoms with Crippen LogP contribution < -0.4 is 39.2 Å². The fraction of sp³-hybridized carbons (Fsp3) is 0.500. The van der Waals surface area contributed by atoms with E-state index in [1.54, 1.807) is 0 Å². The van der Waals surface area contributed by atoms with Gasteiger partial charge in [0.25, 0.3) is 0 Å². The van der Waals surface area contributed by atoms with E-state index < -0.39 is 0 Å². The Kier molecular flexibility index (Phi) is 26.4. The van der Waals surface area contributed by atoms with E-state index in [0.29, 0.717) is 54.0 Å². The third kappa shape index (κ3) is 16.4. The van der Waals surface area contributed by atoms with Gasteiger partial charge in [-0.15, -0.1) is 0 Å². The average molecular weight is 1590 g/mol. The molecule has 4 aromatic carbocycles. The molecule has 117 heavy (non-hydrogen) atoms. The lowest BCUT2D eigenvalue weighted by Gasteiger charge is -2.34. The fourth-order valence-electron chi connectivity index (χ4n) is 18.6. The van der Waals surface area contributed by atoms with Crippen molar-refractivity contribution in [3.63, 3.8) is 0 Å². The lowest BCUT2D eigenvalue weighted by molar-refractivity contribution is 0.326. The molecule has 0 bridgehead atoms. The van der Waals surface area contributed by atoms with Crippen molar-refractivity contribution in [3.05, 3.63) is 231 Å². The molecule has 0 saturated heterocycles. The Hall–Kier alpha value is -10.2. The summed E-state index contributed by atoms with van der Waals surface area (Å²) in [6.45, 7) is 60.5. The van der Waals surface area contributed by atoms with Crippen LogP contribution in [0, 0.1) is 70.1 Å². The molecule has 0 aliphatic carbocycles. The molecule has 8 aliphatic heterocycles. The van der Waals surface area contributed by atoms with Crippen LogP contribution in [0.4, 0.5) is 45.9 Å². The van der Waals surface area contributed by atoms with E-state index in [1.165, 1.54) is 113 Å². The summed E-state index contributed by atoms with van der Waals surface area (Å²) >= 11 is 0. The number of pyridine rings is 1. The van der Waals surface area contributed by atoms with Crippen molar-refractivity contribution in [2.75, 3.05) is 95.6 Å². The van der Waals surface area contributed by atoms with Crippen molar-refractivity contribution in [1.29, 1.82) is 0 Å². The van der Waals surface area contributed by atoms with E-state index >= 15 is 0 Å². The summed E-state index contributed by atoms with van der Waals surface area (Å²) in [4.78, 5) is 52.5. The molecule has 630 valence electrons. The van der Waals surface area contributed by atoms with E-state index in [9.17, 15) is 0 Å². The normalized spacial score (nSPS) is 22.2. The first-order chi connectivity index (χ1) is 55.2. The Balaban J connectivity index is 0.000000154. The average Bonchev–Trinajstić information content (AvgIpc) is 1.58. The Morgan fingerprint density at radius 3 is 0.803 bits per heavy atom. The number of aromatic nitrogens is 3. The number of benzene rings is 4. The highest BCUT2D eigenvalue weighted by Crippen LogP contribution is 2.47. The third-order valence-corrected chi connectivity index (χ3v) is 26.5. The topological polar surface area (TPSA) is 90.5 Å². The minimum atomic E-state index is 0.231. The molecule has 19 heteroatoms. The number of anilines is 8. The monoisotopic (exact) mass is 1590 g/mol. The molecule has 0 N–H and O–H groups in total. The van der Waals surface area contributed by atoms with Crippen LogP contribution >= 0.6 is 0 Å². The van der Waals surface area contributed by atoms with Gasteiger partial charge in [-0.25, -0.2) is 15.0 Å². The standard InChI is InChI=1S/C31H36N4.C23H36N4.C22H36N6.C22H35N5/c1-21-28(34-22(2)30(32(6)24(34)4)26-15-10-8-11-16-26)19-14-20-29(21)35-23(3)31(33(7)25(35)5)27-17-12-9-13-18-27;1-15(2)22-13-26(18(6)24(22)8)20-11-10-12-21(17(20)5)27-14-23(16(3)4)25(9)19(27)7;1-13(2)19-11-27(17(7)25(19)9)21-15(5)22(24-16(6)23-21)28-12-20(14(3)4)26(10)18(28)8;1-14(2)20-12-26(17(6)24(20)8)19-10-11-23-22(16(19)5)27-13-21(15(3)4)25(9)18(27)7/h8-20,24-25H,1-7H3;10-16,18-19H,1-9H3;11-14,17-18H,1-10H3;10-15,17-18H,1-9H3/t24-,25+;18-,19+;2*17-,18+/m...0/s1. The predicted molar refractivity (Wildman–Crippen MR) is 496 cm³/mol. The molecule has 8 aliphatic rings. The molecule has 6 aromatic rings. The molecule has 10 heterocycles. The van der Waals surface area contributed by atoms with Crippen molar-refractivity contribution >= 4 is 57.3 Å². The number of aryl methyl sites for hydroxylation is 1. The zero-order valence-corrected chi connectivity index (χ0v) is 77.9. The summed E-state index contributed by atoms with van der Waals surface area (Å²) < 4.78 is 0. The number of hydrogen-bond acceptors (Lipinski definition) is 19. The summed E-state index contributed by atoms with van der Waals surface area (Å²) in [5.74, 6) is 6.85. The van der Waals surface area contributed by atoms with Gasteiger partial charge in [0.1, 0.15) is 72.6 Å². The number of allylic oxidation sites excluding steroid dienone is 8. The molecule has 8 atom stereocenters. The lowest BCUT2D eigenvalue weighted by Crippen LogP contribution is -2.38. The Morgan fingerprint density at radius 2 is 0.513 bits per heavy atom. The molecule has 0 amide bonds. The van der Waals surface area contributed by atoms with Gasteiger partial charge in [-0.1, -0.05) is 156 Å². The molecule has 0 saturated carbocycles. The molecule has 0 unspecified atom stereocenters. The smallest absolute Gasteiger partial charge is 0.143 e. The van der Waals surface area contributed by atoms with Crippen molar-refractivity contribution in [2.24, 2.45) is 35.5 Å². The Morgan fingerprint density at radius 1 is 0.256 bits per heavy atom. The molecule has 14 rings (SSSR count). The van der Waals surface area contributed by atoms with Gasteiger partial charge in [0.05, 0.1) is 17.1 Å². The highest BCUT2D eigenvalue weighted by atomic mass is 15.5. The quantitative estimate of drug-likeness (QED) is 0.0920. The molecule has 0 spiro atoms. The maximum absolute atomic E-state index is 4.85. The van der Waals surface area contributed by atoms with Crippen LogP contribution in [0.5, 0.6) is 0 Å². The first-order valence-corrected chi connectivity index (χ1v) is 43.1. The molecule has 19 nitrogen and oxygen atoms in total. The van der Waals surface area contributed by atoms with Gasteiger partial charge >= 0.3 is 0 Å². The predicted octanol–water partition coefficient (Wildman–Crippen LogP) is 21.0. The van der Waals surface area contributed by atoms with Crippen LogP contribution in [-0.4, -0.2) is 160 Å². The van der Waals surface area contributed by atoms with E-state index in [4.69, 9.17) is 15.0 Å². The summed E-state index contributed by atoms with van der Waals surface area (Å²) in [5, 5.41) is 0. The van der Waals surface area contributed by atoms with E-state index in [1.807, 2.05) is 13.1 Å². The van der Waals surface area contributed by atoms with Crippen molar-refractivity contribution in [2.45, 2.75) is 236 Å². The molecular formula is C98H143N19. The summed E-state index contributed by atoms with van der Waals surface area (Å²) in [7, 11) is 17.5. The van der Waals surface area contributed by atoms with Crippen molar-refractivity contribution in [1.82, 2.24) is 54.2 Å². The van der Waals surface area contributed by atoms with Gasteiger partial charge < -0.3 is 78.4 Å². The zero-order chi connectivity index (χ0) is 85.8. The van der Waals surface area contributed by atoms with Gasteiger partial charge in [0.15, 0.2) is 0 Å². The van der Waals surface area contributed by atoms with Gasteiger partial charge in [-0.3, -0.25) is 0 Å². The third-order valence-electron chi connectivity index (χ3n) is 26.5. The largest absolute Gasteiger partial charge is 0.356 e. The molecule has 2 aromatic heterocycles. The van der Waals surface area contributed by atoms with Crippen molar-refractivity contribution in [3.8, 4) is 0 Å². The summed E-state index contributed by atoms with van der Waals surface area (Å²) in [6.07, 6.45) is 17.8. The van der Waals surface area contributed by atoms with Crippen molar-refractivity contribution < 1.29 is 0 Å². The van der Waals surface area contributed by atoms with Crippen LogP contribution in [-0.2, 0) is 0 Å². The molecular weight excluding hydrogens is 1440 g/mol. The SMILES string of the molecule is CC1=C(c2ccccc2)N(C)[C@@H](C)N1c1cccc(N2C(C)=C(c3ccccc3)N(C)[C@@H]2C)c1C.Cc1c(N2C=C(C(C)C)N(C)[C@@H]2C)ccnc1N1C=C(C(C)C)N(C)[C@H]1C.Cc1c(N2C=C(C(C)C)N(C)[C@H]2C)cccc1N1C=C(C(C)C)N(C)[C@@H]1C.Cc1nc(N2C=C(C(C)C)N(C)[C@H]2C)c(C)c(N2C=C(C(C)C)N(C)[C@@H]2C)n1. The Bertz CT molecular complexity index is 4400. The van der Waals surface area contributed by atoms with Gasteiger partial charge in [-0.05, 0) is 192 Å². The van der Waals surface area contributed by atoms with Gasteiger partial charge in [-0.2, -0.15) is 0 Å². The zero-order valence-electron chi connectivity index (χ0n) is 77.9. The van der Waals surface area contributed by atoms with Crippen LogP contribution in [0.15, 0.2) is 192 Å². The second-order valence-corrected chi connectivity index (χ2v) is 35.6. The minimum absolute atomic E-state index is 0.231. The number of hydrogen-bond donors (Lipinski definition) is 0. The summed E-state index contributed by atoms with van der Waals surface area (Å²) in [5.41, 5.74) is 27.2. The van der Waals surface area contributed by atoms with Crippen LogP contribution in [0.2, 0.25) is 0 Å². The molecule has 0 fully saturated rings. The Labute approximate surface area is 706 Å². The highest BCUT2D eigenvalue weighted by Gasteiger charge is 2.41. The number of rotatable bonds is 16. The second-order valence-electron chi connectivity index (χ2n) is 35.6. The number of nitrogens with zero attached hydrogens (tertiary/aromatic N) is 19. The first-order valence-electron chi connectivity index (χ1n) is 43.1. The van der Waals surface area contributed by atoms with E-state index in [2.05, 4.69) is 455 Å². The lowest BCUT2D eigenvalue weighted by atomic mass is 10.1. The van der Waals surface area contributed by atoms with E-state index in [-0.39, 0.29) is 30.8 Å². The van der Waals surface area contributed by atoms with Gasteiger partial charge in [0.2, 0.25) is 0 Å². The highest BCUT2D eigenvalue weighted by molar-refractivity contribution is 5.83. The first kappa shape index (κ1) is 87.7. The second kappa shape index (κ2) is 35.2. The fourth-order valence-corrected chi connectivity index (χ4v) is 18.6. The van der Waals surface area contributed by atoms with Crippen LogP contribution in [0.3, 0.4) is 0 Å². The van der Waals surface area contributed by atoms with E-state index in [0.717, 1.165) is 28.8 Å². The molecule has 0 radical (unpaired) electrons. The van der Waals surface area contributed by atoms with Crippen LogP contribution in [0.25, 0.3) is 11.4 Å². The maximum Gasteiger partial charge on any atom is 0.143 e. The summed E-state index contributed by atoms with van der Waals surface area (Å²) in [6, 6.07) is 37.0. The van der Waals surface area contributed by atoms with Crippen LogP contribution in [0.1, 0.15) is 192 Å². The van der Waals surface area contributed by atoms with Gasteiger partial charge in [0, 0.05) is 179 Å². The maximum atomic E-state index is 4.85.